The molecule has 0 spiro atoms. The maximum absolute atomic E-state index is 4.82. The van der Waals surface area contributed by atoms with Crippen LogP contribution in [0.1, 0.15) is 61.8 Å². The van der Waals surface area contributed by atoms with Gasteiger partial charge in [-0.2, -0.15) is 0 Å². The van der Waals surface area contributed by atoms with Crippen LogP contribution in [-0.4, -0.2) is 22.6 Å². The summed E-state index contributed by atoms with van der Waals surface area (Å²) >= 11 is 1.93. The van der Waals surface area contributed by atoms with E-state index in [2.05, 4.69) is 9.88 Å². The number of rotatable bonds is 1. The molecule has 3 aliphatic rings. The van der Waals surface area contributed by atoms with Crippen LogP contribution in [0.5, 0.6) is 0 Å². The third kappa shape index (κ3) is 2.29. The first-order chi connectivity index (χ1) is 11.4. The zero-order chi connectivity index (χ0) is 15.2. The molecule has 2 aromatic heterocycles. The number of hydrogen-bond acceptors (Lipinski definition) is 4. The Hall–Kier alpha value is -1.16. The first-order valence-electron chi connectivity index (χ1n) is 9.44. The average Bonchev–Trinajstić information content (AvgIpc) is 3.00. The quantitative estimate of drug-likeness (QED) is 0.758. The Morgan fingerprint density at radius 2 is 1.83 bits per heavy atom. The third-order valence-corrected chi connectivity index (χ3v) is 7.45. The lowest BCUT2D eigenvalue weighted by atomic mass is 9.78. The molecule has 1 aliphatic heterocycles. The lowest BCUT2D eigenvalue weighted by Crippen LogP contribution is -2.47. The summed E-state index contributed by atoms with van der Waals surface area (Å²) in [6, 6.07) is 0.731. The van der Waals surface area contributed by atoms with Gasteiger partial charge in [-0.15, -0.1) is 11.3 Å². The predicted octanol–water partition coefficient (Wildman–Crippen LogP) is 4.73. The summed E-state index contributed by atoms with van der Waals surface area (Å²) in [5.74, 6) is 2.17. The minimum absolute atomic E-state index is 0.731. The fourth-order valence-corrected chi connectivity index (χ4v) is 6.40. The summed E-state index contributed by atoms with van der Waals surface area (Å²) in [7, 11) is 0. The smallest absolute Gasteiger partial charge is 0.141 e. The number of thiophene rings is 1. The second-order valence-electron chi connectivity index (χ2n) is 7.54. The summed E-state index contributed by atoms with van der Waals surface area (Å²) in [4.78, 5) is 15.0. The Bertz CT molecular complexity index is 721. The third-order valence-electron chi connectivity index (χ3n) is 6.25. The molecule has 3 nitrogen and oxygen atoms in total. The van der Waals surface area contributed by atoms with E-state index < -0.39 is 0 Å². The van der Waals surface area contributed by atoms with E-state index in [1.54, 1.807) is 10.4 Å². The van der Waals surface area contributed by atoms with Crippen molar-refractivity contribution >= 4 is 27.4 Å². The van der Waals surface area contributed by atoms with Gasteiger partial charge in [-0.25, -0.2) is 9.97 Å². The Balaban J connectivity index is 1.63. The Morgan fingerprint density at radius 1 is 0.957 bits per heavy atom. The van der Waals surface area contributed by atoms with Crippen molar-refractivity contribution in [2.45, 2.75) is 70.3 Å². The number of aryl methyl sites for hydroxylation is 2. The molecule has 0 N–H and O–H groups in total. The van der Waals surface area contributed by atoms with E-state index in [0.717, 1.165) is 12.0 Å². The van der Waals surface area contributed by atoms with Crippen LogP contribution >= 0.6 is 11.3 Å². The summed E-state index contributed by atoms with van der Waals surface area (Å²) in [5, 5.41) is 1.42. The molecule has 0 bridgehead atoms. The minimum Gasteiger partial charge on any atom is -0.353 e. The number of fused-ring (bicyclic) bond motifs is 4. The summed E-state index contributed by atoms with van der Waals surface area (Å²) in [5.41, 5.74) is 1.59. The number of anilines is 1. The largest absolute Gasteiger partial charge is 0.353 e. The van der Waals surface area contributed by atoms with Gasteiger partial charge in [-0.05, 0) is 62.8 Å². The number of piperidine rings is 1. The molecular formula is C19H25N3S. The summed E-state index contributed by atoms with van der Waals surface area (Å²) in [6.45, 7) is 1.19. The molecule has 0 radical (unpaired) electrons. The normalized spacial score (nSPS) is 27.7. The molecule has 0 unspecified atom stereocenters. The molecule has 2 atom stereocenters. The van der Waals surface area contributed by atoms with Crippen molar-refractivity contribution in [3.05, 3.63) is 16.8 Å². The molecule has 23 heavy (non-hydrogen) atoms. The van der Waals surface area contributed by atoms with Gasteiger partial charge in [-0.1, -0.05) is 12.8 Å². The number of nitrogens with zero attached hydrogens (tertiary/aromatic N) is 3. The van der Waals surface area contributed by atoms with Crippen molar-refractivity contribution in [1.29, 1.82) is 0 Å². The van der Waals surface area contributed by atoms with Crippen molar-refractivity contribution in [3.8, 4) is 0 Å². The summed E-state index contributed by atoms with van der Waals surface area (Å²) < 4.78 is 0. The second kappa shape index (κ2) is 5.73. The highest BCUT2D eigenvalue weighted by atomic mass is 32.1. The molecule has 0 amide bonds. The van der Waals surface area contributed by atoms with Gasteiger partial charge >= 0.3 is 0 Å². The van der Waals surface area contributed by atoms with Crippen LogP contribution in [0.15, 0.2) is 6.33 Å². The standard InChI is InChI=1S/C19H25N3S/c1-3-9-15-13(6-1)7-5-11-22(15)18-17-14-8-2-4-10-16(14)23-19(17)21-12-20-18/h12-13,15H,1-11H2/t13-,15+/m1/s1. The van der Waals surface area contributed by atoms with Crippen LogP contribution in [0.2, 0.25) is 0 Å². The van der Waals surface area contributed by atoms with Gasteiger partial charge < -0.3 is 4.90 Å². The lowest BCUT2D eigenvalue weighted by Gasteiger charge is -2.45. The minimum atomic E-state index is 0.731. The van der Waals surface area contributed by atoms with Crippen LogP contribution in [0, 0.1) is 5.92 Å². The van der Waals surface area contributed by atoms with Crippen molar-refractivity contribution in [3.63, 3.8) is 0 Å². The van der Waals surface area contributed by atoms with Crippen LogP contribution in [0.3, 0.4) is 0 Å². The molecule has 122 valence electrons. The molecule has 3 heterocycles. The highest BCUT2D eigenvalue weighted by Crippen LogP contribution is 2.43. The second-order valence-corrected chi connectivity index (χ2v) is 8.62. The Kier molecular flexibility index (Phi) is 3.54. The molecule has 1 saturated carbocycles. The molecular weight excluding hydrogens is 302 g/mol. The zero-order valence-corrected chi connectivity index (χ0v) is 14.6. The van der Waals surface area contributed by atoms with Crippen LogP contribution in [-0.2, 0) is 12.8 Å². The first-order valence-corrected chi connectivity index (χ1v) is 10.3. The van der Waals surface area contributed by atoms with Crippen molar-refractivity contribution < 1.29 is 0 Å². The predicted molar refractivity (Wildman–Crippen MR) is 96.4 cm³/mol. The fourth-order valence-electron chi connectivity index (χ4n) is 5.18. The molecule has 1 saturated heterocycles. The molecule has 4 heteroatoms. The number of aromatic nitrogens is 2. The maximum Gasteiger partial charge on any atom is 0.141 e. The van der Waals surface area contributed by atoms with Gasteiger partial charge in [0.2, 0.25) is 0 Å². The van der Waals surface area contributed by atoms with Crippen LogP contribution in [0.4, 0.5) is 5.82 Å². The highest BCUT2D eigenvalue weighted by molar-refractivity contribution is 7.19. The van der Waals surface area contributed by atoms with Crippen LogP contribution in [0.25, 0.3) is 10.2 Å². The van der Waals surface area contributed by atoms with Gasteiger partial charge in [0.05, 0.1) is 5.39 Å². The van der Waals surface area contributed by atoms with E-state index >= 15 is 0 Å². The van der Waals surface area contributed by atoms with E-state index in [1.165, 1.54) is 86.8 Å². The van der Waals surface area contributed by atoms with Crippen molar-refractivity contribution in [2.75, 3.05) is 11.4 Å². The Morgan fingerprint density at radius 3 is 2.83 bits per heavy atom. The molecule has 2 fully saturated rings. The monoisotopic (exact) mass is 327 g/mol. The SMILES string of the molecule is c1nc(N2CCC[C@H]3CCCC[C@@H]32)c2c3c(sc2n1)CCCC3. The van der Waals surface area contributed by atoms with E-state index in [1.807, 2.05) is 17.7 Å². The summed E-state index contributed by atoms with van der Waals surface area (Å²) in [6.07, 6.45) is 15.4. The molecule has 2 aliphatic carbocycles. The Labute approximate surface area is 142 Å². The highest BCUT2D eigenvalue weighted by Gasteiger charge is 2.35. The molecule has 5 rings (SSSR count). The molecule has 0 aromatic carbocycles. The van der Waals surface area contributed by atoms with Crippen LogP contribution < -0.4 is 4.90 Å². The van der Waals surface area contributed by atoms with E-state index in [9.17, 15) is 0 Å². The zero-order valence-electron chi connectivity index (χ0n) is 13.8. The maximum atomic E-state index is 4.82. The van der Waals surface area contributed by atoms with E-state index in [-0.39, 0.29) is 0 Å². The van der Waals surface area contributed by atoms with Gasteiger partial charge in [0.15, 0.2) is 0 Å². The topological polar surface area (TPSA) is 29.0 Å². The fraction of sp³-hybridized carbons (Fsp3) is 0.684. The van der Waals surface area contributed by atoms with E-state index in [4.69, 9.17) is 4.98 Å². The van der Waals surface area contributed by atoms with Gasteiger partial charge in [-0.3, -0.25) is 0 Å². The number of hydrogen-bond donors (Lipinski definition) is 0. The average molecular weight is 327 g/mol. The van der Waals surface area contributed by atoms with Crippen molar-refractivity contribution in [2.24, 2.45) is 5.92 Å². The van der Waals surface area contributed by atoms with Gasteiger partial charge in [0.1, 0.15) is 17.0 Å². The lowest BCUT2D eigenvalue weighted by molar-refractivity contribution is 0.243. The van der Waals surface area contributed by atoms with Crippen molar-refractivity contribution in [1.82, 2.24) is 9.97 Å². The van der Waals surface area contributed by atoms with Gasteiger partial charge in [0.25, 0.3) is 0 Å². The van der Waals surface area contributed by atoms with Gasteiger partial charge in [0, 0.05) is 17.5 Å². The molecule has 2 aromatic rings. The van der Waals surface area contributed by atoms with E-state index in [0.29, 0.717) is 0 Å². The first kappa shape index (κ1) is 14.2.